The van der Waals surface area contributed by atoms with Gasteiger partial charge < -0.3 is 31.5 Å². The van der Waals surface area contributed by atoms with E-state index in [-0.39, 0.29) is 32.3 Å². The Morgan fingerprint density at radius 1 is 1.27 bits per heavy atom. The summed E-state index contributed by atoms with van der Waals surface area (Å²) >= 11 is 0. The van der Waals surface area contributed by atoms with Gasteiger partial charge in [0.05, 0.1) is 11.6 Å². The Morgan fingerprint density at radius 3 is 2.37 bits per heavy atom. The monoisotopic (exact) mass is 431 g/mol. The van der Waals surface area contributed by atoms with Gasteiger partial charge >= 0.3 is 19.3 Å². The molecule has 0 saturated carbocycles. The van der Waals surface area contributed by atoms with Crippen molar-refractivity contribution in [2.45, 2.75) is 43.3 Å². The van der Waals surface area contributed by atoms with E-state index in [1.54, 1.807) is 0 Å². The van der Waals surface area contributed by atoms with Gasteiger partial charge in [0, 0.05) is 19.0 Å². The van der Waals surface area contributed by atoms with Crippen LogP contribution in [0.2, 0.25) is 6.32 Å². The minimum Gasteiger partial charge on any atom is -0.480 e. The summed E-state index contributed by atoms with van der Waals surface area (Å²) in [4.78, 5) is 25.6. The average Bonchev–Trinajstić information content (AvgIpc) is 2.98. The van der Waals surface area contributed by atoms with Crippen LogP contribution in [0.3, 0.4) is 0 Å². The lowest BCUT2D eigenvalue weighted by Gasteiger charge is -2.25. The Morgan fingerprint density at radius 2 is 1.87 bits per heavy atom. The molecule has 1 aromatic rings. The van der Waals surface area contributed by atoms with Gasteiger partial charge in [-0.2, -0.15) is 13.2 Å². The summed E-state index contributed by atoms with van der Waals surface area (Å²) in [6.45, 7) is -0.210. The molecule has 0 bridgehead atoms. The fraction of sp³-hybridized carbons (Fsp3) is 0.556. The van der Waals surface area contributed by atoms with E-state index in [1.165, 1.54) is 17.0 Å². The molecule has 7 N–H and O–H groups in total. The van der Waals surface area contributed by atoms with Crippen LogP contribution in [0.25, 0.3) is 0 Å². The van der Waals surface area contributed by atoms with Crippen molar-refractivity contribution in [3.05, 3.63) is 35.4 Å². The molecule has 1 heterocycles. The number of carbonyl (C=O) groups excluding carboxylic acids is 1. The first-order chi connectivity index (χ1) is 13.8. The van der Waals surface area contributed by atoms with Crippen molar-refractivity contribution in [1.29, 1.82) is 0 Å². The van der Waals surface area contributed by atoms with Crippen molar-refractivity contribution < 1.29 is 37.9 Å². The summed E-state index contributed by atoms with van der Waals surface area (Å²) in [7, 11) is -1.52. The zero-order chi connectivity index (χ0) is 22.7. The van der Waals surface area contributed by atoms with Gasteiger partial charge in [-0.1, -0.05) is 18.6 Å². The highest BCUT2D eigenvalue weighted by molar-refractivity contribution is 6.40. The molecule has 1 aromatic carbocycles. The molecule has 0 aromatic heterocycles. The number of halogens is 3. The number of alkyl halides is 3. The van der Waals surface area contributed by atoms with Crippen LogP contribution in [0.5, 0.6) is 0 Å². The van der Waals surface area contributed by atoms with Crippen molar-refractivity contribution in [1.82, 2.24) is 4.90 Å². The minimum absolute atomic E-state index is 0.0144. The number of nitrogens with two attached hydrogens (primary N) is 2. The standard InChI is InChI=1S/C18H25BF3N3O5/c20-18(21,22)12-5-3-11(4-6-12)8-14(23)15(26)25-9-13(2-1-7-19(29)30)17(24,10-25)16(27)28/h3-6,13-14,29-30H,1-2,7-10,23-24H2,(H,27,28). The molecule has 0 radical (unpaired) electrons. The number of benzene rings is 1. The second kappa shape index (κ2) is 9.33. The predicted octanol–water partition coefficient (Wildman–Crippen LogP) is 0.0687. The molecule has 1 aliphatic heterocycles. The molecule has 30 heavy (non-hydrogen) atoms. The molecule has 1 amide bonds. The van der Waals surface area contributed by atoms with Crippen molar-refractivity contribution in [3.8, 4) is 0 Å². The smallest absolute Gasteiger partial charge is 0.451 e. The van der Waals surface area contributed by atoms with Gasteiger partial charge in [-0.3, -0.25) is 9.59 Å². The normalized spacial score (nSPS) is 22.8. The highest BCUT2D eigenvalue weighted by atomic mass is 19.4. The number of amides is 1. The molecule has 12 heteroatoms. The third-order valence-electron chi connectivity index (χ3n) is 5.40. The van der Waals surface area contributed by atoms with Crippen LogP contribution in [-0.2, 0) is 22.2 Å². The zero-order valence-corrected chi connectivity index (χ0v) is 16.2. The van der Waals surface area contributed by atoms with Crippen LogP contribution < -0.4 is 11.5 Å². The Hall–Kier alpha value is -2.15. The first-order valence-corrected chi connectivity index (χ1v) is 9.43. The molecule has 1 saturated heterocycles. The van der Waals surface area contributed by atoms with Gasteiger partial charge in [0.25, 0.3) is 0 Å². The van der Waals surface area contributed by atoms with Gasteiger partial charge in [-0.05, 0) is 36.9 Å². The van der Waals surface area contributed by atoms with Crippen molar-refractivity contribution >= 4 is 19.0 Å². The molecule has 1 fully saturated rings. The Kier molecular flexibility index (Phi) is 7.51. The third kappa shape index (κ3) is 5.72. The summed E-state index contributed by atoms with van der Waals surface area (Å²) in [5.41, 5.74) is 9.91. The molecule has 166 valence electrons. The molecule has 2 rings (SSSR count). The summed E-state index contributed by atoms with van der Waals surface area (Å²) in [5.74, 6) is -2.42. The molecule has 0 aliphatic carbocycles. The summed E-state index contributed by atoms with van der Waals surface area (Å²) in [6, 6.07) is 3.23. The first kappa shape index (κ1) is 24.1. The lowest BCUT2D eigenvalue weighted by Crippen LogP contribution is -2.55. The topological polar surface area (TPSA) is 150 Å². The quantitative estimate of drug-likeness (QED) is 0.366. The van der Waals surface area contributed by atoms with Crippen LogP contribution in [0, 0.1) is 5.92 Å². The summed E-state index contributed by atoms with van der Waals surface area (Å²) in [6.07, 6.45) is -3.84. The fourth-order valence-electron chi connectivity index (χ4n) is 3.65. The van der Waals surface area contributed by atoms with Gasteiger partial charge in [-0.25, -0.2) is 0 Å². The fourth-order valence-corrected chi connectivity index (χ4v) is 3.65. The molecule has 3 atom stereocenters. The number of hydrogen-bond acceptors (Lipinski definition) is 6. The SMILES string of the molecule is NC(Cc1ccc(C(F)(F)F)cc1)C(=O)N1CC(CCCB(O)O)C(N)(C(=O)O)C1. The maximum Gasteiger partial charge on any atom is 0.451 e. The Bertz CT molecular complexity index is 762. The van der Waals surface area contributed by atoms with E-state index >= 15 is 0 Å². The Balaban J connectivity index is 2.03. The highest BCUT2D eigenvalue weighted by Gasteiger charge is 2.51. The number of aliphatic carboxylic acids is 1. The van der Waals surface area contributed by atoms with Crippen molar-refractivity contribution in [2.75, 3.05) is 13.1 Å². The second-order valence-electron chi connectivity index (χ2n) is 7.68. The van der Waals surface area contributed by atoms with E-state index in [1.807, 2.05) is 0 Å². The number of carbonyl (C=O) groups is 2. The average molecular weight is 431 g/mol. The van der Waals surface area contributed by atoms with Crippen LogP contribution >= 0.6 is 0 Å². The van der Waals surface area contributed by atoms with Crippen LogP contribution in [0.4, 0.5) is 13.2 Å². The molecule has 3 unspecified atom stereocenters. The van der Waals surface area contributed by atoms with Crippen molar-refractivity contribution in [2.24, 2.45) is 17.4 Å². The van der Waals surface area contributed by atoms with E-state index in [2.05, 4.69) is 0 Å². The van der Waals surface area contributed by atoms with E-state index in [0.717, 1.165) is 12.1 Å². The number of carboxylic acid groups (broad SMARTS) is 1. The lowest BCUT2D eigenvalue weighted by atomic mass is 9.78. The van der Waals surface area contributed by atoms with E-state index in [4.69, 9.17) is 21.5 Å². The van der Waals surface area contributed by atoms with Gasteiger partial charge in [0.15, 0.2) is 0 Å². The van der Waals surface area contributed by atoms with E-state index in [9.17, 15) is 27.9 Å². The number of rotatable bonds is 8. The Labute approximate surface area is 171 Å². The van der Waals surface area contributed by atoms with Gasteiger partial charge in [-0.15, -0.1) is 0 Å². The van der Waals surface area contributed by atoms with Crippen LogP contribution in [0.1, 0.15) is 24.0 Å². The van der Waals surface area contributed by atoms with Crippen molar-refractivity contribution in [3.63, 3.8) is 0 Å². The number of hydrogen-bond donors (Lipinski definition) is 5. The predicted molar refractivity (Wildman–Crippen MR) is 102 cm³/mol. The highest BCUT2D eigenvalue weighted by Crippen LogP contribution is 2.31. The lowest BCUT2D eigenvalue weighted by molar-refractivity contribution is -0.144. The van der Waals surface area contributed by atoms with Gasteiger partial charge in [0.2, 0.25) is 5.91 Å². The maximum atomic E-state index is 12.7. The number of nitrogens with zero attached hydrogens (tertiary/aromatic N) is 1. The molecule has 0 spiro atoms. The minimum atomic E-state index is -4.46. The van der Waals surface area contributed by atoms with E-state index < -0.39 is 48.2 Å². The second-order valence-corrected chi connectivity index (χ2v) is 7.68. The maximum absolute atomic E-state index is 12.7. The summed E-state index contributed by atoms with van der Waals surface area (Å²) in [5, 5.41) is 27.4. The summed E-state index contributed by atoms with van der Waals surface area (Å²) < 4.78 is 37.9. The van der Waals surface area contributed by atoms with Crippen LogP contribution in [-0.4, -0.2) is 63.7 Å². The number of likely N-dealkylation sites (tertiary alicyclic amines) is 1. The zero-order valence-electron chi connectivity index (χ0n) is 16.2. The number of carboxylic acids is 1. The van der Waals surface area contributed by atoms with Gasteiger partial charge in [0.1, 0.15) is 5.54 Å². The largest absolute Gasteiger partial charge is 0.480 e. The molecular weight excluding hydrogens is 406 g/mol. The molecule has 1 aliphatic rings. The third-order valence-corrected chi connectivity index (χ3v) is 5.40. The molecular formula is C18H25BF3N3O5. The van der Waals surface area contributed by atoms with Crippen LogP contribution in [0.15, 0.2) is 24.3 Å². The first-order valence-electron chi connectivity index (χ1n) is 9.43. The van der Waals surface area contributed by atoms with E-state index in [0.29, 0.717) is 12.0 Å². The molecule has 8 nitrogen and oxygen atoms in total.